The van der Waals surface area contributed by atoms with Crippen molar-refractivity contribution in [3.63, 3.8) is 0 Å². The number of ether oxygens (including phenoxy) is 1. The summed E-state index contributed by atoms with van der Waals surface area (Å²) < 4.78 is 5.50. The van der Waals surface area contributed by atoms with Crippen LogP contribution >= 0.6 is 11.6 Å². The van der Waals surface area contributed by atoms with Crippen LogP contribution < -0.4 is 4.74 Å². The maximum Gasteiger partial charge on any atom is 0.126 e. The van der Waals surface area contributed by atoms with Gasteiger partial charge in [0.25, 0.3) is 0 Å². The number of benzene rings is 2. The summed E-state index contributed by atoms with van der Waals surface area (Å²) in [5, 5.41) is 10.5. The Labute approximate surface area is 143 Å². The highest BCUT2D eigenvalue weighted by atomic mass is 35.5. The number of hydrogen-bond acceptors (Lipinski definition) is 2. The first kappa shape index (κ1) is 17.4. The average molecular weight is 331 g/mol. The summed E-state index contributed by atoms with van der Waals surface area (Å²) in [6.07, 6.45) is 2.33. The lowest BCUT2D eigenvalue weighted by atomic mass is 9.95. The molecule has 2 nitrogen and oxygen atoms in total. The van der Waals surface area contributed by atoms with Crippen LogP contribution in [0.4, 0.5) is 0 Å². The lowest BCUT2D eigenvalue weighted by Gasteiger charge is -2.15. The number of allylic oxidation sites excluding steroid dienone is 1. The van der Waals surface area contributed by atoms with Crippen LogP contribution in [0.1, 0.15) is 24.5 Å². The molecular weight excluding hydrogens is 308 g/mol. The number of halogens is 1. The van der Waals surface area contributed by atoms with Gasteiger partial charge >= 0.3 is 0 Å². The van der Waals surface area contributed by atoms with Crippen molar-refractivity contribution in [3.8, 4) is 22.6 Å². The minimum Gasteiger partial charge on any atom is -0.508 e. The zero-order valence-electron chi connectivity index (χ0n) is 13.7. The SMILES string of the molecule is C=C(C)CCc1c(O)cc(-c2ccccc2CCCl)cc1OC. The van der Waals surface area contributed by atoms with Gasteiger partial charge in [0.1, 0.15) is 11.5 Å². The largest absolute Gasteiger partial charge is 0.508 e. The van der Waals surface area contributed by atoms with E-state index in [2.05, 4.69) is 12.6 Å². The van der Waals surface area contributed by atoms with E-state index in [4.69, 9.17) is 16.3 Å². The second-order valence-corrected chi connectivity index (χ2v) is 6.11. The summed E-state index contributed by atoms with van der Waals surface area (Å²) in [6.45, 7) is 5.90. The first-order valence-corrected chi connectivity index (χ1v) is 8.28. The van der Waals surface area contributed by atoms with Gasteiger partial charge in [0.2, 0.25) is 0 Å². The van der Waals surface area contributed by atoms with Crippen LogP contribution in [0.25, 0.3) is 11.1 Å². The van der Waals surface area contributed by atoms with E-state index in [1.807, 2.05) is 37.3 Å². The molecule has 1 N–H and O–H groups in total. The summed E-state index contributed by atoms with van der Waals surface area (Å²) in [5.41, 5.74) is 5.10. The third kappa shape index (κ3) is 4.29. The number of phenols is 1. The van der Waals surface area contributed by atoms with Gasteiger partial charge in [-0.1, -0.05) is 29.8 Å². The van der Waals surface area contributed by atoms with Crippen molar-refractivity contribution >= 4 is 11.6 Å². The van der Waals surface area contributed by atoms with Crippen LogP contribution in [0.5, 0.6) is 11.5 Å². The predicted octanol–water partition coefficient (Wildman–Crippen LogP) is 5.36. The number of alkyl halides is 1. The molecule has 23 heavy (non-hydrogen) atoms. The zero-order chi connectivity index (χ0) is 16.8. The van der Waals surface area contributed by atoms with Crippen LogP contribution in [0.3, 0.4) is 0 Å². The topological polar surface area (TPSA) is 29.5 Å². The molecule has 3 heteroatoms. The first-order chi connectivity index (χ1) is 11.1. The molecule has 0 unspecified atom stereocenters. The molecule has 0 saturated heterocycles. The zero-order valence-corrected chi connectivity index (χ0v) is 14.5. The van der Waals surface area contributed by atoms with Gasteiger partial charge in [0.05, 0.1) is 7.11 Å². The second-order valence-electron chi connectivity index (χ2n) is 5.73. The lowest BCUT2D eigenvalue weighted by Crippen LogP contribution is -1.96. The average Bonchev–Trinajstić information content (AvgIpc) is 2.53. The highest BCUT2D eigenvalue weighted by Gasteiger charge is 2.14. The van der Waals surface area contributed by atoms with E-state index >= 15 is 0 Å². The van der Waals surface area contributed by atoms with Crippen molar-refractivity contribution in [1.82, 2.24) is 0 Å². The van der Waals surface area contributed by atoms with E-state index in [9.17, 15) is 5.11 Å². The van der Waals surface area contributed by atoms with Crippen molar-refractivity contribution in [1.29, 1.82) is 0 Å². The maximum absolute atomic E-state index is 10.5. The van der Waals surface area contributed by atoms with Crippen molar-refractivity contribution in [2.45, 2.75) is 26.2 Å². The van der Waals surface area contributed by atoms with Crippen LogP contribution in [0.2, 0.25) is 0 Å². The lowest BCUT2D eigenvalue weighted by molar-refractivity contribution is 0.400. The van der Waals surface area contributed by atoms with Crippen LogP contribution in [-0.4, -0.2) is 18.1 Å². The van der Waals surface area contributed by atoms with E-state index in [0.29, 0.717) is 18.1 Å². The summed E-state index contributed by atoms with van der Waals surface area (Å²) >= 11 is 5.90. The summed E-state index contributed by atoms with van der Waals surface area (Å²) in [4.78, 5) is 0. The molecule has 0 bridgehead atoms. The van der Waals surface area contributed by atoms with E-state index in [-0.39, 0.29) is 5.75 Å². The number of aromatic hydroxyl groups is 1. The Morgan fingerprint density at radius 3 is 2.61 bits per heavy atom. The molecule has 2 aromatic rings. The molecule has 0 saturated carbocycles. The number of aryl methyl sites for hydroxylation is 1. The Kier molecular flexibility index (Phi) is 6.12. The Morgan fingerprint density at radius 1 is 1.22 bits per heavy atom. The van der Waals surface area contributed by atoms with Crippen molar-refractivity contribution in [2.75, 3.05) is 13.0 Å². The third-order valence-electron chi connectivity index (χ3n) is 3.90. The van der Waals surface area contributed by atoms with Gasteiger partial charge in [-0.25, -0.2) is 0 Å². The van der Waals surface area contributed by atoms with Gasteiger partial charge in [-0.3, -0.25) is 0 Å². The van der Waals surface area contributed by atoms with E-state index in [0.717, 1.165) is 35.1 Å². The molecule has 0 aliphatic heterocycles. The fourth-order valence-corrected chi connectivity index (χ4v) is 2.88. The number of phenolic OH excluding ortho intramolecular Hbond substituents is 1. The van der Waals surface area contributed by atoms with Gasteiger partial charge < -0.3 is 9.84 Å². The van der Waals surface area contributed by atoms with Crippen LogP contribution in [0, 0.1) is 0 Å². The van der Waals surface area contributed by atoms with Gasteiger partial charge in [0, 0.05) is 11.4 Å². The minimum absolute atomic E-state index is 0.265. The fourth-order valence-electron chi connectivity index (χ4n) is 2.68. The molecule has 122 valence electrons. The van der Waals surface area contributed by atoms with Crippen molar-refractivity contribution in [2.24, 2.45) is 0 Å². The molecule has 0 heterocycles. The van der Waals surface area contributed by atoms with Crippen LogP contribution in [0.15, 0.2) is 48.6 Å². The maximum atomic E-state index is 10.5. The van der Waals surface area contributed by atoms with Crippen molar-refractivity contribution < 1.29 is 9.84 Å². The summed E-state index contributed by atoms with van der Waals surface area (Å²) in [6, 6.07) is 11.9. The standard InChI is InChI=1S/C20H23ClO2/c1-14(2)8-9-18-19(22)12-16(13-20(18)23-3)17-7-5-4-6-15(17)10-11-21/h4-7,12-13,22H,1,8-11H2,2-3H3. The highest BCUT2D eigenvalue weighted by Crippen LogP contribution is 2.36. The normalized spacial score (nSPS) is 10.6. The van der Waals surface area contributed by atoms with Gasteiger partial charge in [-0.05, 0) is 55.0 Å². The van der Waals surface area contributed by atoms with E-state index < -0.39 is 0 Å². The molecule has 2 aromatic carbocycles. The summed E-state index contributed by atoms with van der Waals surface area (Å²) in [5.74, 6) is 1.54. The highest BCUT2D eigenvalue weighted by molar-refractivity contribution is 6.18. The number of rotatable bonds is 7. The first-order valence-electron chi connectivity index (χ1n) is 7.75. The molecule has 0 amide bonds. The van der Waals surface area contributed by atoms with Gasteiger partial charge in [0.15, 0.2) is 0 Å². The molecule has 2 rings (SSSR count). The Hall–Kier alpha value is -1.93. The monoisotopic (exact) mass is 330 g/mol. The Morgan fingerprint density at radius 2 is 1.96 bits per heavy atom. The molecule has 0 spiro atoms. The molecule has 0 radical (unpaired) electrons. The number of methoxy groups -OCH3 is 1. The molecule has 0 aromatic heterocycles. The third-order valence-corrected chi connectivity index (χ3v) is 4.09. The van der Waals surface area contributed by atoms with Gasteiger partial charge in [-0.15, -0.1) is 18.2 Å². The Balaban J connectivity index is 2.46. The van der Waals surface area contributed by atoms with Gasteiger partial charge in [-0.2, -0.15) is 0 Å². The molecule has 0 aliphatic carbocycles. The fraction of sp³-hybridized carbons (Fsp3) is 0.300. The molecule has 0 fully saturated rings. The van der Waals surface area contributed by atoms with E-state index in [1.165, 1.54) is 5.56 Å². The predicted molar refractivity (Wildman–Crippen MR) is 97.7 cm³/mol. The van der Waals surface area contributed by atoms with Crippen LogP contribution in [-0.2, 0) is 12.8 Å². The Bertz CT molecular complexity index is 692. The van der Waals surface area contributed by atoms with Crippen molar-refractivity contribution in [3.05, 3.63) is 59.7 Å². The smallest absolute Gasteiger partial charge is 0.126 e. The van der Waals surface area contributed by atoms with E-state index in [1.54, 1.807) is 7.11 Å². The molecular formula is C20H23ClO2. The molecule has 0 aliphatic rings. The number of hydrogen-bond donors (Lipinski definition) is 1. The summed E-state index contributed by atoms with van der Waals surface area (Å²) in [7, 11) is 1.63. The minimum atomic E-state index is 0.265. The second kappa shape index (κ2) is 8.07. The quantitative estimate of drug-likeness (QED) is 0.547. The molecule has 0 atom stereocenters.